The third kappa shape index (κ3) is 4.62. The van der Waals surface area contributed by atoms with Crippen LogP contribution in [0.25, 0.3) is 10.9 Å². The molecule has 0 spiro atoms. The molecule has 2 N–H and O–H groups in total. The van der Waals surface area contributed by atoms with Gasteiger partial charge in [-0.05, 0) is 51.7 Å². The number of nitrogens with zero attached hydrogens (tertiary/aromatic N) is 5. The van der Waals surface area contributed by atoms with Gasteiger partial charge in [-0.1, -0.05) is 13.8 Å². The summed E-state index contributed by atoms with van der Waals surface area (Å²) in [5.74, 6) is 0.846. The molecule has 6 rings (SSSR count). The highest BCUT2D eigenvalue weighted by Gasteiger charge is 2.42. The molecule has 11 heteroatoms. The number of benzene rings is 1. The second kappa shape index (κ2) is 9.31. The molecule has 1 aliphatic carbocycles. The summed E-state index contributed by atoms with van der Waals surface area (Å²) in [7, 11) is -3.71. The minimum Gasteiger partial charge on any atom is -0.366 e. The second-order valence-electron chi connectivity index (χ2n) is 12.0. The van der Waals surface area contributed by atoms with Crippen molar-refractivity contribution in [1.29, 1.82) is 0 Å². The molecule has 1 aromatic heterocycles. The van der Waals surface area contributed by atoms with Crippen LogP contribution in [0.1, 0.15) is 52.1 Å². The Morgan fingerprint density at radius 3 is 2.34 bits per heavy atom. The number of aromatic nitrogens is 2. The highest BCUT2D eigenvalue weighted by atomic mass is 32.2. The average Bonchev–Trinajstić information content (AvgIpc) is 3.55. The molecule has 4 heterocycles. The first-order valence-electron chi connectivity index (χ1n) is 13.9. The predicted octanol–water partition coefficient (Wildman–Crippen LogP) is 2.01. The van der Waals surface area contributed by atoms with Crippen LogP contribution >= 0.6 is 0 Å². The van der Waals surface area contributed by atoms with E-state index in [0.717, 1.165) is 67.0 Å². The van der Waals surface area contributed by atoms with Crippen molar-refractivity contribution >= 4 is 38.5 Å². The summed E-state index contributed by atoms with van der Waals surface area (Å²) in [6.45, 7) is 12.1. The lowest BCUT2D eigenvalue weighted by Crippen LogP contribution is -2.52. The van der Waals surface area contributed by atoms with E-state index in [-0.39, 0.29) is 22.3 Å². The Morgan fingerprint density at radius 1 is 1.08 bits per heavy atom. The summed E-state index contributed by atoms with van der Waals surface area (Å²) in [5, 5.41) is 4.28. The van der Waals surface area contributed by atoms with Gasteiger partial charge in [0.1, 0.15) is 0 Å². The molecule has 1 saturated carbocycles. The van der Waals surface area contributed by atoms with Crippen molar-refractivity contribution in [2.45, 2.75) is 75.9 Å². The lowest BCUT2D eigenvalue weighted by Gasteiger charge is -2.38. The number of aryl methyl sites for hydroxylation is 1. The van der Waals surface area contributed by atoms with Crippen LogP contribution in [0.3, 0.4) is 0 Å². The van der Waals surface area contributed by atoms with Gasteiger partial charge in [-0.25, -0.2) is 23.1 Å². The van der Waals surface area contributed by atoms with Crippen LogP contribution in [0.2, 0.25) is 0 Å². The molecule has 2 aromatic rings. The summed E-state index contributed by atoms with van der Waals surface area (Å²) in [6, 6.07) is 4.26. The number of carbonyl (C=O) groups excluding carboxylic acids is 1. The van der Waals surface area contributed by atoms with E-state index in [2.05, 4.69) is 19.8 Å². The van der Waals surface area contributed by atoms with Gasteiger partial charge in [0.05, 0.1) is 21.8 Å². The molecule has 206 valence electrons. The standard InChI is InChI=1S/C27H39N7O3S/c1-17(2)25(35)33-11-9-32(10-12-33)23-14-21(38(36,37)31-27(4)7-8-27)13-22-18(3)29-26(30-24(22)23)34-19-5-6-20(34)16-28-15-19/h13-14,17,19-20,28,31H,5-12,15-16H2,1-4H3. The highest BCUT2D eigenvalue weighted by molar-refractivity contribution is 7.89. The van der Waals surface area contributed by atoms with Crippen LogP contribution < -0.4 is 19.8 Å². The first-order valence-corrected chi connectivity index (χ1v) is 15.4. The number of fused-ring (bicyclic) bond motifs is 3. The molecule has 1 amide bonds. The quantitative estimate of drug-likeness (QED) is 0.572. The van der Waals surface area contributed by atoms with Gasteiger partial charge in [0, 0.05) is 68.2 Å². The summed E-state index contributed by atoms with van der Waals surface area (Å²) < 4.78 is 29.8. The van der Waals surface area contributed by atoms with Crippen molar-refractivity contribution in [1.82, 2.24) is 24.9 Å². The topological polar surface area (TPSA) is 111 Å². The van der Waals surface area contributed by atoms with Crippen molar-refractivity contribution in [3.8, 4) is 0 Å². The maximum atomic E-state index is 13.5. The van der Waals surface area contributed by atoms with Crippen LogP contribution in [0, 0.1) is 12.8 Å². The van der Waals surface area contributed by atoms with E-state index in [1.165, 1.54) is 0 Å². The van der Waals surface area contributed by atoms with E-state index in [0.29, 0.717) is 38.3 Å². The molecule has 38 heavy (non-hydrogen) atoms. The van der Waals surface area contributed by atoms with E-state index in [1.807, 2.05) is 32.6 Å². The fraction of sp³-hybridized carbons (Fsp3) is 0.667. The maximum absolute atomic E-state index is 13.5. The Kier molecular flexibility index (Phi) is 6.31. The molecule has 2 bridgehead atoms. The van der Waals surface area contributed by atoms with Crippen LogP contribution in [0.5, 0.6) is 0 Å². The average molecular weight is 542 g/mol. The molecular weight excluding hydrogens is 502 g/mol. The van der Waals surface area contributed by atoms with E-state index >= 15 is 0 Å². The molecule has 3 aliphatic heterocycles. The largest absolute Gasteiger partial charge is 0.366 e. The van der Waals surface area contributed by atoms with E-state index in [4.69, 9.17) is 9.97 Å². The van der Waals surface area contributed by atoms with Crippen molar-refractivity contribution < 1.29 is 13.2 Å². The molecule has 1 aromatic carbocycles. The molecule has 0 radical (unpaired) electrons. The summed E-state index contributed by atoms with van der Waals surface area (Å²) >= 11 is 0. The molecule has 10 nitrogen and oxygen atoms in total. The molecule has 2 unspecified atom stereocenters. The number of rotatable bonds is 6. The van der Waals surface area contributed by atoms with Gasteiger partial charge in [-0.2, -0.15) is 0 Å². The smallest absolute Gasteiger partial charge is 0.241 e. The third-order valence-corrected chi connectivity index (χ3v) is 10.3. The molecule has 4 fully saturated rings. The zero-order chi connectivity index (χ0) is 26.8. The number of nitrogens with one attached hydrogen (secondary N) is 2. The highest BCUT2D eigenvalue weighted by Crippen LogP contribution is 2.39. The van der Waals surface area contributed by atoms with Gasteiger partial charge in [-0.3, -0.25) is 4.79 Å². The van der Waals surface area contributed by atoms with Gasteiger partial charge in [0.15, 0.2) is 0 Å². The van der Waals surface area contributed by atoms with Crippen molar-refractivity contribution in [2.75, 3.05) is 49.1 Å². The Morgan fingerprint density at radius 2 is 1.74 bits per heavy atom. The lowest BCUT2D eigenvalue weighted by molar-refractivity contribution is -0.134. The fourth-order valence-electron chi connectivity index (χ4n) is 6.14. The first-order chi connectivity index (χ1) is 18.0. The predicted molar refractivity (Wildman–Crippen MR) is 148 cm³/mol. The van der Waals surface area contributed by atoms with Gasteiger partial charge in [0.2, 0.25) is 21.9 Å². The van der Waals surface area contributed by atoms with E-state index in [1.54, 1.807) is 12.1 Å². The van der Waals surface area contributed by atoms with Crippen molar-refractivity contribution in [2.24, 2.45) is 5.92 Å². The fourth-order valence-corrected chi connectivity index (χ4v) is 7.65. The number of sulfonamides is 1. The van der Waals surface area contributed by atoms with E-state index in [9.17, 15) is 13.2 Å². The number of piperazine rings is 2. The maximum Gasteiger partial charge on any atom is 0.241 e. The van der Waals surface area contributed by atoms with E-state index < -0.39 is 10.0 Å². The van der Waals surface area contributed by atoms with Crippen molar-refractivity contribution in [3.05, 3.63) is 17.8 Å². The Balaban J connectivity index is 1.42. The summed E-state index contributed by atoms with van der Waals surface area (Å²) in [6.07, 6.45) is 3.94. The molecule has 3 saturated heterocycles. The zero-order valence-corrected chi connectivity index (χ0v) is 23.6. The zero-order valence-electron chi connectivity index (χ0n) is 22.8. The van der Waals surface area contributed by atoms with Crippen LogP contribution in [-0.4, -0.2) is 86.1 Å². The normalized spacial score (nSPS) is 24.9. The monoisotopic (exact) mass is 541 g/mol. The first kappa shape index (κ1) is 25.8. The number of hydrogen-bond acceptors (Lipinski definition) is 8. The molecule has 4 aliphatic rings. The van der Waals surface area contributed by atoms with Crippen LogP contribution in [-0.2, 0) is 14.8 Å². The number of amides is 1. The van der Waals surface area contributed by atoms with Gasteiger partial charge in [-0.15, -0.1) is 0 Å². The summed E-state index contributed by atoms with van der Waals surface area (Å²) in [4.78, 5) is 29.3. The molecular formula is C27H39N7O3S. The van der Waals surface area contributed by atoms with Gasteiger partial charge < -0.3 is 20.0 Å². The Labute approximate surface area is 225 Å². The third-order valence-electron chi connectivity index (χ3n) is 8.66. The number of hydrogen-bond donors (Lipinski definition) is 2. The number of anilines is 2. The SMILES string of the molecule is Cc1nc(N2C3CCC2CNC3)nc2c(N3CCN(C(=O)C(C)C)CC3)cc(S(=O)(=O)NC3(C)CC3)cc12. The lowest BCUT2D eigenvalue weighted by atomic mass is 10.1. The minimum atomic E-state index is -3.71. The van der Waals surface area contributed by atoms with Crippen LogP contribution in [0.4, 0.5) is 11.6 Å². The van der Waals surface area contributed by atoms with Gasteiger partial charge >= 0.3 is 0 Å². The minimum absolute atomic E-state index is 0.0435. The molecule has 2 atom stereocenters. The Hall–Kier alpha value is -2.50. The second-order valence-corrected chi connectivity index (χ2v) is 13.7. The van der Waals surface area contributed by atoms with Crippen LogP contribution in [0.15, 0.2) is 17.0 Å². The summed E-state index contributed by atoms with van der Waals surface area (Å²) in [5.41, 5.74) is 2.00. The number of carbonyl (C=O) groups is 1. The van der Waals surface area contributed by atoms with Gasteiger partial charge in [0.25, 0.3) is 0 Å². The van der Waals surface area contributed by atoms with Crippen molar-refractivity contribution in [3.63, 3.8) is 0 Å². The Bertz CT molecular complexity index is 1350.